The van der Waals surface area contributed by atoms with Gasteiger partial charge in [0.05, 0.1) is 0 Å². The van der Waals surface area contributed by atoms with Crippen LogP contribution in [0.25, 0.3) is 0 Å². The van der Waals surface area contributed by atoms with Gasteiger partial charge in [0.2, 0.25) is 5.91 Å². The summed E-state index contributed by atoms with van der Waals surface area (Å²) < 4.78 is 27.8. The van der Waals surface area contributed by atoms with Gasteiger partial charge in [0.15, 0.2) is 0 Å². The molecule has 1 N–H and O–H groups in total. The van der Waals surface area contributed by atoms with Crippen LogP contribution in [0.1, 0.15) is 53.4 Å². The third kappa shape index (κ3) is 3.36. The Bertz CT molecular complexity index is 1260. The van der Waals surface area contributed by atoms with E-state index in [-0.39, 0.29) is 11.8 Å². The fraction of sp³-hybridized carbons (Fsp3) is 0.346. The monoisotopic (exact) mass is 478 g/mol. The van der Waals surface area contributed by atoms with Crippen LogP contribution in [0, 0.1) is 5.92 Å². The van der Waals surface area contributed by atoms with Crippen molar-refractivity contribution in [3.05, 3.63) is 88.3 Å². The van der Waals surface area contributed by atoms with Gasteiger partial charge < -0.3 is 5.32 Å². The number of fused-ring (bicyclic) bond motifs is 1. The summed E-state index contributed by atoms with van der Waals surface area (Å²) in [5, 5.41) is 4.90. The van der Waals surface area contributed by atoms with Crippen LogP contribution in [0.2, 0.25) is 0 Å². The summed E-state index contributed by atoms with van der Waals surface area (Å²) in [5.74, 6) is 0.742. The van der Waals surface area contributed by atoms with Gasteiger partial charge in [-0.25, -0.2) is 8.42 Å². The van der Waals surface area contributed by atoms with Crippen LogP contribution in [0.15, 0.2) is 70.3 Å². The lowest BCUT2D eigenvalue weighted by Crippen LogP contribution is -2.48. The molecule has 5 nitrogen and oxygen atoms in total. The second kappa shape index (κ2) is 8.08. The Hall–Kier alpha value is -2.48. The maximum absolute atomic E-state index is 13.2. The predicted octanol–water partition coefficient (Wildman–Crippen LogP) is 4.31. The van der Waals surface area contributed by atoms with Crippen LogP contribution in [-0.2, 0) is 14.8 Å². The van der Waals surface area contributed by atoms with Crippen LogP contribution in [0.5, 0.6) is 0 Å². The average molecular weight is 479 g/mol. The van der Waals surface area contributed by atoms with Crippen LogP contribution in [-0.4, -0.2) is 37.8 Å². The van der Waals surface area contributed by atoms with Crippen molar-refractivity contribution in [1.82, 2.24) is 9.62 Å². The number of carbonyl (C=O) groups is 1. The number of nitrogens with one attached hydrogen (secondary N) is 1. The Labute approximate surface area is 198 Å². The Morgan fingerprint density at radius 1 is 0.970 bits per heavy atom. The predicted molar refractivity (Wildman–Crippen MR) is 129 cm³/mol. The zero-order valence-electron chi connectivity index (χ0n) is 18.2. The molecule has 0 saturated carbocycles. The molecule has 7 rings (SSSR count). The number of hydrogen-bond acceptors (Lipinski definition) is 4. The van der Waals surface area contributed by atoms with Gasteiger partial charge in [-0.15, -0.1) is 11.3 Å². The van der Waals surface area contributed by atoms with Crippen molar-refractivity contribution in [3.8, 4) is 0 Å². The van der Waals surface area contributed by atoms with Crippen LogP contribution < -0.4 is 5.32 Å². The first-order chi connectivity index (χ1) is 16.1. The number of carbonyl (C=O) groups excluding carboxylic acids is 1. The number of thiophene rings is 1. The molecule has 2 bridgehead atoms. The lowest BCUT2D eigenvalue weighted by Gasteiger charge is -2.45. The SMILES string of the molecule is O=C(NCC1CC2c3ccccc3C1c1ccccc12)C1CCCN1S(=O)(=O)c1cccs1. The van der Waals surface area contributed by atoms with Crippen molar-refractivity contribution in [1.29, 1.82) is 0 Å². The molecule has 2 aromatic carbocycles. The zero-order valence-corrected chi connectivity index (χ0v) is 19.8. The number of amides is 1. The first-order valence-corrected chi connectivity index (χ1v) is 13.9. The molecule has 2 heterocycles. The molecule has 1 saturated heterocycles. The smallest absolute Gasteiger partial charge is 0.253 e. The molecule has 4 aliphatic rings. The van der Waals surface area contributed by atoms with Gasteiger partial charge in [0.1, 0.15) is 10.3 Å². The second-order valence-corrected chi connectivity index (χ2v) is 12.3. The lowest BCUT2D eigenvalue weighted by atomic mass is 9.59. The third-order valence-corrected chi connectivity index (χ3v) is 10.8. The highest BCUT2D eigenvalue weighted by atomic mass is 32.2. The fourth-order valence-corrected chi connectivity index (χ4v) is 8.90. The zero-order chi connectivity index (χ0) is 22.6. The fourth-order valence-electron chi connectivity index (χ4n) is 6.12. The van der Waals surface area contributed by atoms with Crippen LogP contribution >= 0.6 is 11.3 Å². The number of nitrogens with zero attached hydrogens (tertiary/aromatic N) is 1. The molecule has 7 heteroatoms. The highest BCUT2D eigenvalue weighted by Crippen LogP contribution is 2.55. The average Bonchev–Trinajstić information content (AvgIpc) is 3.56. The van der Waals surface area contributed by atoms with Crippen molar-refractivity contribution >= 4 is 27.3 Å². The molecule has 33 heavy (non-hydrogen) atoms. The van der Waals surface area contributed by atoms with Gasteiger partial charge in [-0.05, 0) is 58.9 Å². The molecule has 0 spiro atoms. The minimum atomic E-state index is -3.63. The van der Waals surface area contributed by atoms with Crippen molar-refractivity contribution in [2.24, 2.45) is 5.92 Å². The standard InChI is InChI=1S/C26H26N2O3S2/c29-26(23-11-5-13-28(23)33(30,31)24-12-6-14-32-24)27-16-17-15-22-18-7-1-3-9-20(18)25(17)21-10-4-2-8-19(21)22/h1-4,6-10,12,14,17,22-23,25H,5,11,13,15-16H2,(H,27,29). The van der Waals surface area contributed by atoms with E-state index in [9.17, 15) is 13.2 Å². The van der Waals surface area contributed by atoms with E-state index in [1.165, 1.54) is 37.9 Å². The Morgan fingerprint density at radius 3 is 2.27 bits per heavy atom. The molecule has 1 aromatic heterocycles. The number of hydrogen-bond donors (Lipinski definition) is 1. The molecule has 1 aliphatic heterocycles. The maximum atomic E-state index is 13.2. The van der Waals surface area contributed by atoms with Gasteiger partial charge in [-0.2, -0.15) is 4.31 Å². The summed E-state index contributed by atoms with van der Waals surface area (Å²) in [6.07, 6.45) is 2.28. The summed E-state index contributed by atoms with van der Waals surface area (Å²) in [7, 11) is -3.63. The van der Waals surface area contributed by atoms with Crippen molar-refractivity contribution in [2.45, 2.75) is 41.3 Å². The van der Waals surface area contributed by atoms with E-state index in [4.69, 9.17) is 0 Å². The van der Waals surface area contributed by atoms with Crippen molar-refractivity contribution in [3.63, 3.8) is 0 Å². The molecule has 3 aliphatic carbocycles. The number of rotatable bonds is 5. The molecule has 1 fully saturated rings. The van der Waals surface area contributed by atoms with Gasteiger partial charge in [-0.1, -0.05) is 54.6 Å². The molecule has 0 radical (unpaired) electrons. The summed E-state index contributed by atoms with van der Waals surface area (Å²) >= 11 is 1.20. The largest absolute Gasteiger partial charge is 0.354 e. The normalized spacial score (nSPS) is 26.1. The second-order valence-electron chi connectivity index (χ2n) is 9.23. The van der Waals surface area contributed by atoms with Crippen molar-refractivity contribution in [2.75, 3.05) is 13.1 Å². The van der Waals surface area contributed by atoms with E-state index in [1.807, 2.05) is 0 Å². The lowest BCUT2D eigenvalue weighted by molar-refractivity contribution is -0.124. The topological polar surface area (TPSA) is 66.5 Å². The quantitative estimate of drug-likeness (QED) is 0.594. The van der Waals surface area contributed by atoms with E-state index in [2.05, 4.69) is 53.8 Å². The Kier molecular flexibility index (Phi) is 5.16. The number of sulfonamides is 1. The van der Waals surface area contributed by atoms with Gasteiger partial charge >= 0.3 is 0 Å². The van der Waals surface area contributed by atoms with Gasteiger partial charge in [0.25, 0.3) is 10.0 Å². The summed E-state index contributed by atoms with van der Waals surface area (Å²) in [6, 6.07) is 20.1. The minimum Gasteiger partial charge on any atom is -0.354 e. The summed E-state index contributed by atoms with van der Waals surface area (Å²) in [4.78, 5) is 13.2. The van der Waals surface area contributed by atoms with E-state index in [0.717, 1.165) is 6.42 Å². The molecule has 170 valence electrons. The molecule has 2 atom stereocenters. The summed E-state index contributed by atoms with van der Waals surface area (Å²) in [6.45, 7) is 0.958. The third-order valence-electron chi connectivity index (χ3n) is 7.53. The molecular formula is C26H26N2O3S2. The van der Waals surface area contributed by atoms with E-state index < -0.39 is 16.1 Å². The highest BCUT2D eigenvalue weighted by Gasteiger charge is 2.44. The Balaban J connectivity index is 1.22. The molecular weight excluding hydrogens is 452 g/mol. The Morgan fingerprint density at radius 2 is 1.64 bits per heavy atom. The minimum absolute atomic E-state index is 0.171. The van der Waals surface area contributed by atoms with E-state index in [0.29, 0.717) is 42.0 Å². The molecule has 3 aromatic rings. The highest BCUT2D eigenvalue weighted by molar-refractivity contribution is 7.91. The van der Waals surface area contributed by atoms with E-state index in [1.54, 1.807) is 17.5 Å². The van der Waals surface area contributed by atoms with Crippen LogP contribution in [0.4, 0.5) is 0 Å². The van der Waals surface area contributed by atoms with Crippen LogP contribution in [0.3, 0.4) is 0 Å². The number of benzene rings is 2. The van der Waals surface area contributed by atoms with Gasteiger partial charge in [-0.3, -0.25) is 4.79 Å². The van der Waals surface area contributed by atoms with Crippen molar-refractivity contribution < 1.29 is 13.2 Å². The summed E-state index contributed by atoms with van der Waals surface area (Å²) in [5.41, 5.74) is 5.56. The van der Waals surface area contributed by atoms with Gasteiger partial charge in [0, 0.05) is 24.9 Å². The molecule has 2 unspecified atom stereocenters. The first kappa shape index (κ1) is 21.1. The van der Waals surface area contributed by atoms with E-state index >= 15 is 0 Å². The maximum Gasteiger partial charge on any atom is 0.253 e. The molecule has 1 amide bonds. The first-order valence-electron chi connectivity index (χ1n) is 11.6.